The van der Waals surface area contributed by atoms with Crippen LogP contribution in [0.5, 0.6) is 5.75 Å². The molecule has 0 unspecified atom stereocenters. The van der Waals surface area contributed by atoms with Crippen LogP contribution in [0.2, 0.25) is 0 Å². The number of carboxylic acids is 1. The summed E-state index contributed by atoms with van der Waals surface area (Å²) in [7, 11) is 0. The van der Waals surface area contributed by atoms with Crippen LogP contribution in [0.3, 0.4) is 0 Å². The molecule has 154 valence electrons. The molecule has 2 aromatic carbocycles. The lowest BCUT2D eigenvalue weighted by Crippen LogP contribution is -2.22. The Balaban J connectivity index is 2.26. The summed E-state index contributed by atoms with van der Waals surface area (Å²) < 4.78 is 11.2. The summed E-state index contributed by atoms with van der Waals surface area (Å²) in [6.07, 6.45) is 0.989. The molecule has 29 heavy (non-hydrogen) atoms. The molecule has 2 aromatic rings. The summed E-state index contributed by atoms with van der Waals surface area (Å²) >= 11 is 0. The number of aliphatic hydroxyl groups is 1. The number of ether oxygens (including phenoxy) is 2. The van der Waals surface area contributed by atoms with Gasteiger partial charge < -0.3 is 19.7 Å². The van der Waals surface area contributed by atoms with Crippen molar-refractivity contribution < 1.29 is 29.3 Å². The van der Waals surface area contributed by atoms with Gasteiger partial charge in [0.15, 0.2) is 0 Å². The van der Waals surface area contributed by atoms with Crippen molar-refractivity contribution in [2.45, 2.75) is 20.0 Å². The van der Waals surface area contributed by atoms with Crippen LogP contribution in [0.25, 0.3) is 0 Å². The molecule has 0 heterocycles. The molecule has 0 spiro atoms. The van der Waals surface area contributed by atoms with E-state index in [1.165, 1.54) is 6.08 Å². The van der Waals surface area contributed by atoms with E-state index >= 15 is 0 Å². The highest BCUT2D eigenvalue weighted by molar-refractivity contribution is 5.84. The Morgan fingerprint density at radius 2 is 1.83 bits per heavy atom. The van der Waals surface area contributed by atoms with Crippen molar-refractivity contribution in [1.82, 2.24) is 0 Å². The second-order valence-corrected chi connectivity index (χ2v) is 6.48. The number of carbonyl (C=O) groups excluding carboxylic acids is 1. The Morgan fingerprint density at radius 1 is 1.14 bits per heavy atom. The van der Waals surface area contributed by atoms with Crippen LogP contribution >= 0.6 is 0 Å². The number of carboxylic acid groups (broad SMARTS) is 1. The molecule has 0 aromatic heterocycles. The smallest absolute Gasteiger partial charge is 0.412 e. The SMILES string of the molecule is Cc1ccc(NC(=O)O[C@H](c2ccccc2OCCO)[C@H](C)/C=C/C(=O)O)cc1. The predicted octanol–water partition coefficient (Wildman–Crippen LogP) is 3.93. The fourth-order valence-electron chi connectivity index (χ4n) is 2.69. The molecule has 0 bridgehead atoms. The largest absolute Gasteiger partial charge is 0.491 e. The monoisotopic (exact) mass is 399 g/mol. The summed E-state index contributed by atoms with van der Waals surface area (Å²) in [4.78, 5) is 23.4. The van der Waals surface area contributed by atoms with E-state index in [2.05, 4.69) is 5.32 Å². The van der Waals surface area contributed by atoms with E-state index in [9.17, 15) is 9.59 Å². The highest BCUT2D eigenvalue weighted by Crippen LogP contribution is 2.34. The van der Waals surface area contributed by atoms with Crippen LogP contribution in [0, 0.1) is 12.8 Å². The van der Waals surface area contributed by atoms with Crippen LogP contribution in [0.1, 0.15) is 24.2 Å². The molecule has 7 nitrogen and oxygen atoms in total. The first kappa shape index (κ1) is 22.0. The molecule has 2 rings (SSSR count). The standard InChI is InChI=1S/C22H25NO6/c1-15-7-10-17(11-8-15)23-22(27)29-21(16(2)9-12-20(25)26)18-5-3-4-6-19(18)28-14-13-24/h3-12,16,21,24H,13-14H2,1-2H3,(H,23,27)(H,25,26)/b12-9+/t16-,21+/m1/s1. The minimum absolute atomic E-state index is 0.0820. The van der Waals surface area contributed by atoms with Crippen molar-refractivity contribution in [2.75, 3.05) is 18.5 Å². The van der Waals surface area contributed by atoms with Gasteiger partial charge in [0.25, 0.3) is 0 Å². The maximum absolute atomic E-state index is 12.5. The summed E-state index contributed by atoms with van der Waals surface area (Å²) in [5.41, 5.74) is 2.21. The lowest BCUT2D eigenvalue weighted by molar-refractivity contribution is -0.131. The van der Waals surface area contributed by atoms with E-state index in [1.807, 2.05) is 19.1 Å². The fourth-order valence-corrected chi connectivity index (χ4v) is 2.69. The topological polar surface area (TPSA) is 105 Å². The van der Waals surface area contributed by atoms with E-state index in [0.717, 1.165) is 11.6 Å². The summed E-state index contributed by atoms with van der Waals surface area (Å²) in [5.74, 6) is -1.09. The number of carbonyl (C=O) groups is 2. The average Bonchev–Trinajstić information content (AvgIpc) is 2.70. The molecule has 0 aliphatic carbocycles. The number of anilines is 1. The van der Waals surface area contributed by atoms with Crippen molar-refractivity contribution in [3.8, 4) is 5.75 Å². The highest BCUT2D eigenvalue weighted by Gasteiger charge is 2.25. The molecule has 0 radical (unpaired) electrons. The number of aliphatic carboxylic acids is 1. The van der Waals surface area contributed by atoms with Gasteiger partial charge in [-0.05, 0) is 25.1 Å². The van der Waals surface area contributed by atoms with Gasteiger partial charge in [0, 0.05) is 23.2 Å². The van der Waals surface area contributed by atoms with E-state index in [1.54, 1.807) is 43.3 Å². The third-order valence-corrected chi connectivity index (χ3v) is 4.13. The third kappa shape index (κ3) is 6.97. The van der Waals surface area contributed by atoms with Crippen molar-refractivity contribution in [3.05, 3.63) is 71.8 Å². The quantitative estimate of drug-likeness (QED) is 0.552. The van der Waals surface area contributed by atoms with Crippen molar-refractivity contribution in [3.63, 3.8) is 0 Å². The molecule has 7 heteroatoms. The highest BCUT2D eigenvalue weighted by atomic mass is 16.6. The van der Waals surface area contributed by atoms with Crippen LogP contribution < -0.4 is 10.1 Å². The van der Waals surface area contributed by atoms with Crippen LogP contribution in [-0.4, -0.2) is 35.5 Å². The normalized spacial score (nSPS) is 12.9. The molecule has 0 fully saturated rings. The van der Waals surface area contributed by atoms with Gasteiger partial charge in [0.05, 0.1) is 6.61 Å². The second kappa shape index (κ2) is 10.9. The van der Waals surface area contributed by atoms with Gasteiger partial charge in [-0.3, -0.25) is 5.32 Å². The average molecular weight is 399 g/mol. The van der Waals surface area contributed by atoms with E-state index in [0.29, 0.717) is 17.0 Å². The van der Waals surface area contributed by atoms with Gasteiger partial charge in [-0.2, -0.15) is 0 Å². The Morgan fingerprint density at radius 3 is 2.48 bits per heavy atom. The van der Waals surface area contributed by atoms with E-state index < -0.39 is 24.1 Å². The lowest BCUT2D eigenvalue weighted by Gasteiger charge is -2.24. The van der Waals surface area contributed by atoms with Gasteiger partial charge in [0.2, 0.25) is 0 Å². The van der Waals surface area contributed by atoms with E-state index in [-0.39, 0.29) is 13.2 Å². The Bertz CT molecular complexity index is 847. The molecule has 0 saturated carbocycles. The first-order valence-electron chi connectivity index (χ1n) is 9.18. The number of hydrogen-bond acceptors (Lipinski definition) is 5. The molecule has 1 amide bonds. The van der Waals surface area contributed by atoms with Crippen molar-refractivity contribution in [1.29, 1.82) is 0 Å². The number of para-hydroxylation sites is 1. The molecule has 0 saturated heterocycles. The Kier molecular flexibility index (Phi) is 8.24. The number of aryl methyl sites for hydroxylation is 1. The number of benzene rings is 2. The first-order valence-corrected chi connectivity index (χ1v) is 9.18. The Hall–Kier alpha value is -3.32. The molecular weight excluding hydrogens is 374 g/mol. The van der Waals surface area contributed by atoms with E-state index in [4.69, 9.17) is 19.7 Å². The second-order valence-electron chi connectivity index (χ2n) is 6.48. The zero-order valence-electron chi connectivity index (χ0n) is 16.4. The number of nitrogens with one attached hydrogen (secondary N) is 1. The molecule has 2 atom stereocenters. The van der Waals surface area contributed by atoms with Gasteiger partial charge in [-0.1, -0.05) is 48.9 Å². The first-order chi connectivity index (χ1) is 13.9. The number of aliphatic hydroxyl groups excluding tert-OH is 1. The maximum atomic E-state index is 12.5. The maximum Gasteiger partial charge on any atom is 0.412 e. The van der Waals surface area contributed by atoms with Crippen molar-refractivity contribution >= 4 is 17.7 Å². The number of rotatable bonds is 9. The predicted molar refractivity (Wildman–Crippen MR) is 109 cm³/mol. The number of amides is 1. The molecule has 0 aliphatic rings. The minimum Gasteiger partial charge on any atom is -0.491 e. The van der Waals surface area contributed by atoms with Gasteiger partial charge in [-0.25, -0.2) is 9.59 Å². The van der Waals surface area contributed by atoms with Gasteiger partial charge >= 0.3 is 12.1 Å². The van der Waals surface area contributed by atoms with Crippen LogP contribution in [0.4, 0.5) is 10.5 Å². The van der Waals surface area contributed by atoms with Crippen LogP contribution in [0.15, 0.2) is 60.7 Å². The van der Waals surface area contributed by atoms with Gasteiger partial charge in [-0.15, -0.1) is 0 Å². The summed E-state index contributed by atoms with van der Waals surface area (Å²) in [6.45, 7) is 3.60. The Labute approximate surface area is 169 Å². The van der Waals surface area contributed by atoms with Crippen LogP contribution in [-0.2, 0) is 9.53 Å². The lowest BCUT2D eigenvalue weighted by atomic mass is 9.96. The molecular formula is C22H25NO6. The van der Waals surface area contributed by atoms with Gasteiger partial charge in [0.1, 0.15) is 18.5 Å². The molecule has 3 N–H and O–H groups in total. The minimum atomic E-state index is -1.09. The molecule has 0 aliphatic heterocycles. The number of hydrogen-bond donors (Lipinski definition) is 3. The summed E-state index contributed by atoms with van der Waals surface area (Å²) in [6, 6.07) is 14.2. The van der Waals surface area contributed by atoms with Crippen molar-refractivity contribution in [2.24, 2.45) is 5.92 Å². The fraction of sp³-hybridized carbons (Fsp3) is 0.273. The zero-order chi connectivity index (χ0) is 21.2. The zero-order valence-corrected chi connectivity index (χ0v) is 16.4. The third-order valence-electron chi connectivity index (χ3n) is 4.13. The summed E-state index contributed by atoms with van der Waals surface area (Å²) in [5, 5.41) is 20.6.